The van der Waals surface area contributed by atoms with E-state index in [2.05, 4.69) is 110 Å². The Balaban J connectivity index is 0.00000171. The Kier molecular flexibility index (Phi) is 9.78. The van der Waals surface area contributed by atoms with Crippen LogP contribution < -0.4 is 22.2 Å². The van der Waals surface area contributed by atoms with E-state index in [0.717, 1.165) is 39.3 Å². The molecule has 1 heterocycles. The third-order valence-corrected chi connectivity index (χ3v) is 18.2. The first-order chi connectivity index (χ1) is 14.2. The van der Waals surface area contributed by atoms with Gasteiger partial charge in [0.1, 0.15) is 0 Å². The Morgan fingerprint density at radius 3 is 1.19 bits per heavy atom. The number of nitrogens with zero attached hydrogens (tertiary/aromatic N) is 1. The van der Waals surface area contributed by atoms with Crippen LogP contribution >= 0.6 is 24.8 Å². The van der Waals surface area contributed by atoms with E-state index in [1.807, 2.05) is 0 Å². The third-order valence-electron chi connectivity index (χ3n) is 6.83. The first-order valence-corrected chi connectivity index (χ1v) is 15.4. The maximum atomic E-state index is 3.63. The summed E-state index contributed by atoms with van der Waals surface area (Å²) in [5, 5.41) is 9.86. The zero-order valence-corrected chi connectivity index (χ0v) is 21.4. The number of hydrogen-bond donors (Lipinski definition) is 2. The van der Waals surface area contributed by atoms with Crippen LogP contribution in [0.15, 0.2) is 91.0 Å². The van der Waals surface area contributed by atoms with E-state index >= 15 is 0 Å². The molecule has 0 unspecified atom stereocenters. The van der Waals surface area contributed by atoms with E-state index in [4.69, 9.17) is 0 Å². The summed E-state index contributed by atoms with van der Waals surface area (Å²) in [6, 6.07) is 33.9. The number of halogens is 2. The third kappa shape index (κ3) is 4.79. The van der Waals surface area contributed by atoms with Crippen molar-refractivity contribution in [2.45, 2.75) is 5.23 Å². The van der Waals surface area contributed by atoms with Gasteiger partial charge in [0.15, 0.2) is 0 Å². The van der Waals surface area contributed by atoms with Crippen molar-refractivity contribution in [3.63, 3.8) is 0 Å². The predicted molar refractivity (Wildman–Crippen MR) is 136 cm³/mol. The van der Waals surface area contributed by atoms with Crippen LogP contribution in [0.2, 0.25) is 5.23 Å². The molecule has 3 aromatic carbocycles. The molecule has 31 heavy (non-hydrogen) atoms. The minimum atomic E-state index is -3.82. The number of benzene rings is 3. The van der Waals surface area contributed by atoms with Crippen molar-refractivity contribution in [2.24, 2.45) is 0 Å². The Bertz CT molecular complexity index is 800. The Morgan fingerprint density at radius 1 is 0.548 bits per heavy atom. The topological polar surface area (TPSA) is 27.3 Å². The van der Waals surface area contributed by atoms with Crippen molar-refractivity contribution in [1.29, 1.82) is 0 Å². The van der Waals surface area contributed by atoms with E-state index in [1.165, 1.54) is 11.6 Å². The van der Waals surface area contributed by atoms with Crippen LogP contribution in [0.25, 0.3) is 0 Å². The molecule has 3 nitrogen and oxygen atoms in total. The standard InChI is InChI=1S/C6H14N3.3C6H5.CH3.2ClH.Ti/c1-2-8-5-6-9-4-3-7-1;3*1-2-4-6-5-3-1;;;;/h7-8H,1-6H2;3*1-5H;1H3;2*1H;/q-1;;;;;;;+1. The van der Waals surface area contributed by atoms with E-state index in [0.29, 0.717) is 0 Å². The minimum absolute atomic E-state index is 0. The molecule has 0 bridgehead atoms. The van der Waals surface area contributed by atoms with Gasteiger partial charge in [-0.1, -0.05) is 0 Å². The fraction of sp³-hybridized carbons (Fsp3) is 0.280. The maximum absolute atomic E-state index is 3.82. The van der Waals surface area contributed by atoms with Crippen LogP contribution in [0.4, 0.5) is 0 Å². The van der Waals surface area contributed by atoms with Gasteiger partial charge in [0.05, 0.1) is 0 Å². The molecule has 0 saturated carbocycles. The number of rotatable bonds is 4. The summed E-state index contributed by atoms with van der Waals surface area (Å²) in [6.45, 7) is 6.19. The van der Waals surface area contributed by atoms with Gasteiger partial charge in [-0.05, 0) is 0 Å². The fourth-order valence-electron chi connectivity index (χ4n) is 5.11. The van der Waals surface area contributed by atoms with Crippen LogP contribution in [-0.4, -0.2) is 42.7 Å². The fourth-order valence-corrected chi connectivity index (χ4v) is 15.2. The van der Waals surface area contributed by atoms with Gasteiger partial charge < -0.3 is 0 Å². The second-order valence-corrected chi connectivity index (χ2v) is 17.2. The van der Waals surface area contributed by atoms with Crippen LogP contribution in [-0.2, 0) is 15.6 Å². The molecule has 4 rings (SSSR count). The van der Waals surface area contributed by atoms with Gasteiger partial charge in [-0.2, -0.15) is 0 Å². The zero-order valence-electron chi connectivity index (χ0n) is 18.2. The van der Waals surface area contributed by atoms with Crippen LogP contribution in [0, 0.1) is 0 Å². The van der Waals surface area contributed by atoms with Crippen LogP contribution in [0.3, 0.4) is 0 Å². The molecule has 2 N–H and O–H groups in total. The van der Waals surface area contributed by atoms with E-state index in [1.54, 1.807) is 0 Å². The van der Waals surface area contributed by atoms with Crippen LogP contribution in [0.1, 0.15) is 0 Å². The average Bonchev–Trinajstić information content (AvgIpc) is 2.95. The van der Waals surface area contributed by atoms with Crippen LogP contribution in [0.5, 0.6) is 0 Å². The molecule has 1 aliphatic rings. The van der Waals surface area contributed by atoms with E-state index < -0.39 is 15.6 Å². The first-order valence-electron chi connectivity index (χ1n) is 10.8. The summed E-state index contributed by atoms with van der Waals surface area (Å²) < 4.78 is 7.31. The summed E-state index contributed by atoms with van der Waals surface area (Å²) in [6.07, 6.45) is 0. The van der Waals surface area contributed by atoms with Gasteiger partial charge in [0, 0.05) is 0 Å². The second kappa shape index (κ2) is 11.6. The Hall–Kier alpha value is -1.17. The molecule has 0 aromatic heterocycles. The molecule has 1 fully saturated rings. The normalized spacial score (nSPS) is 16.9. The predicted octanol–water partition coefficient (Wildman–Crippen LogP) is 2.95. The molecular formula is C25H34Cl2N3Ti. The van der Waals surface area contributed by atoms with Crippen molar-refractivity contribution < 1.29 is 15.6 Å². The summed E-state index contributed by atoms with van der Waals surface area (Å²) in [7, 11) is 0. The summed E-state index contributed by atoms with van der Waals surface area (Å²) in [5.41, 5.74) is 0. The second-order valence-electron chi connectivity index (χ2n) is 8.27. The molecule has 0 spiro atoms. The summed E-state index contributed by atoms with van der Waals surface area (Å²) in [5.74, 6) is 0. The molecular weight excluding hydrogens is 461 g/mol. The SMILES string of the molecule is Cl.Cl.[CH3][Ti]([c]1ccccc1)([c]1ccccc1)([c]1ccccc1)[N]1CCNCCNCC1. The van der Waals surface area contributed by atoms with Gasteiger partial charge in [-0.25, -0.2) is 0 Å². The van der Waals surface area contributed by atoms with Crippen molar-refractivity contribution in [2.75, 3.05) is 39.3 Å². The van der Waals surface area contributed by atoms with E-state index in [-0.39, 0.29) is 24.8 Å². The number of nitrogens with one attached hydrogen (secondary N) is 2. The Labute approximate surface area is 200 Å². The van der Waals surface area contributed by atoms with Crippen molar-refractivity contribution >= 4 is 36.4 Å². The summed E-state index contributed by atoms with van der Waals surface area (Å²) in [4.78, 5) is 0. The van der Waals surface area contributed by atoms with Gasteiger partial charge in [-0.3, -0.25) is 0 Å². The van der Waals surface area contributed by atoms with Crippen molar-refractivity contribution in [3.8, 4) is 0 Å². The molecule has 6 heteroatoms. The first kappa shape index (κ1) is 26.1. The molecule has 0 aliphatic carbocycles. The van der Waals surface area contributed by atoms with Crippen molar-refractivity contribution in [1.82, 2.24) is 14.0 Å². The van der Waals surface area contributed by atoms with Gasteiger partial charge >= 0.3 is 177 Å². The molecule has 3 aromatic rings. The van der Waals surface area contributed by atoms with E-state index in [9.17, 15) is 0 Å². The van der Waals surface area contributed by atoms with Gasteiger partial charge in [0.25, 0.3) is 0 Å². The summed E-state index contributed by atoms with van der Waals surface area (Å²) >= 11 is -3.82. The zero-order chi connectivity index (χ0) is 20.0. The molecule has 167 valence electrons. The monoisotopic (exact) mass is 494 g/mol. The Morgan fingerprint density at radius 2 is 0.871 bits per heavy atom. The number of hydrogen-bond acceptors (Lipinski definition) is 3. The molecule has 1 aliphatic heterocycles. The molecule has 0 radical (unpaired) electrons. The van der Waals surface area contributed by atoms with Gasteiger partial charge in [0.2, 0.25) is 0 Å². The average molecular weight is 495 g/mol. The quantitative estimate of drug-likeness (QED) is 0.546. The van der Waals surface area contributed by atoms with Gasteiger partial charge in [-0.15, -0.1) is 24.8 Å². The molecule has 0 atom stereocenters. The molecule has 0 amide bonds. The van der Waals surface area contributed by atoms with Crippen molar-refractivity contribution in [3.05, 3.63) is 91.0 Å². The molecule has 1 saturated heterocycles.